The second-order valence-electron chi connectivity index (χ2n) is 7.70. The van der Waals surface area contributed by atoms with Crippen LogP contribution < -0.4 is 5.56 Å². The first-order valence-corrected chi connectivity index (χ1v) is 10.0. The van der Waals surface area contributed by atoms with Crippen molar-refractivity contribution in [1.29, 1.82) is 0 Å². The Balaban J connectivity index is 1.86. The minimum absolute atomic E-state index is 0.0468. The zero-order valence-electron chi connectivity index (χ0n) is 17.4. The molecule has 1 aromatic carbocycles. The van der Waals surface area contributed by atoms with E-state index in [1.165, 1.54) is 36.5 Å². The van der Waals surface area contributed by atoms with Gasteiger partial charge in [-0.2, -0.15) is 26.3 Å². The number of alkyl halides is 6. The Labute approximate surface area is 192 Å². The molecule has 5 nitrogen and oxygen atoms in total. The molecule has 0 unspecified atom stereocenters. The lowest BCUT2D eigenvalue weighted by Gasteiger charge is -2.15. The average Bonchev–Trinajstić information content (AvgIpc) is 2.82. The Kier molecular flexibility index (Phi) is 5.08. The third-order valence-corrected chi connectivity index (χ3v) is 5.37. The number of halogens is 6. The van der Waals surface area contributed by atoms with Gasteiger partial charge in [0.05, 0.1) is 27.9 Å². The largest absolute Gasteiger partial charge is 0.417 e. The first kappa shape index (κ1) is 22.5. The zero-order chi connectivity index (χ0) is 25.0. The van der Waals surface area contributed by atoms with Crippen molar-refractivity contribution in [3.8, 4) is 22.4 Å². The van der Waals surface area contributed by atoms with Crippen LogP contribution in [0.4, 0.5) is 26.3 Å². The van der Waals surface area contributed by atoms with Crippen molar-refractivity contribution in [3.63, 3.8) is 0 Å². The number of rotatable bonds is 2. The van der Waals surface area contributed by atoms with Crippen LogP contribution in [0, 0.1) is 0 Å². The number of pyridine rings is 4. The predicted molar refractivity (Wildman–Crippen MR) is 116 cm³/mol. The summed E-state index contributed by atoms with van der Waals surface area (Å²) in [5, 5.41) is 0.518. The second kappa shape index (κ2) is 7.90. The number of aromatic nitrogens is 4. The molecule has 0 bridgehead atoms. The van der Waals surface area contributed by atoms with Crippen molar-refractivity contribution in [2.75, 3.05) is 0 Å². The number of hydrogen-bond acceptors (Lipinski definition) is 4. The molecule has 0 aliphatic rings. The fourth-order valence-electron chi connectivity index (χ4n) is 3.74. The van der Waals surface area contributed by atoms with Gasteiger partial charge in [0.1, 0.15) is 5.52 Å². The highest BCUT2D eigenvalue weighted by atomic mass is 19.4. The third-order valence-electron chi connectivity index (χ3n) is 5.37. The summed E-state index contributed by atoms with van der Waals surface area (Å²) in [4.78, 5) is 27.0. The molecular formula is C24H12F6N4O. The van der Waals surface area contributed by atoms with E-state index in [0.29, 0.717) is 17.1 Å². The van der Waals surface area contributed by atoms with Crippen LogP contribution in [0.15, 0.2) is 71.9 Å². The van der Waals surface area contributed by atoms with Crippen LogP contribution in [0.2, 0.25) is 0 Å². The summed E-state index contributed by atoms with van der Waals surface area (Å²) in [6.45, 7) is 0. The molecule has 0 amide bonds. The van der Waals surface area contributed by atoms with Gasteiger partial charge in [-0.05, 0) is 35.9 Å². The highest BCUT2D eigenvalue weighted by Crippen LogP contribution is 2.38. The van der Waals surface area contributed by atoms with Crippen LogP contribution >= 0.6 is 0 Å². The SMILES string of the molecule is O=c1ccc2cnc3cc(-c4cccc(C(F)(F)F)c4)c(-c4cncc(C(F)(F)F)c4)nc3c2[nH]1. The molecule has 35 heavy (non-hydrogen) atoms. The zero-order valence-corrected chi connectivity index (χ0v) is 17.4. The number of benzene rings is 1. The Morgan fingerprint density at radius 1 is 0.771 bits per heavy atom. The molecule has 1 N–H and O–H groups in total. The summed E-state index contributed by atoms with van der Waals surface area (Å²) < 4.78 is 80.2. The Bertz CT molecular complexity index is 1660. The summed E-state index contributed by atoms with van der Waals surface area (Å²) in [7, 11) is 0. The van der Waals surface area contributed by atoms with E-state index in [-0.39, 0.29) is 33.4 Å². The quantitative estimate of drug-likeness (QED) is 0.237. The molecule has 0 saturated carbocycles. The average molecular weight is 486 g/mol. The minimum Gasteiger partial charge on any atom is -0.320 e. The van der Waals surface area contributed by atoms with Gasteiger partial charge in [0, 0.05) is 41.2 Å². The maximum atomic E-state index is 13.4. The van der Waals surface area contributed by atoms with Crippen molar-refractivity contribution in [3.05, 3.63) is 88.6 Å². The standard InChI is InChI=1S/C24H12F6N4O/c25-23(26,27)15-3-1-2-12(6-15)17-8-18-22(21-13(10-32-18)4-5-19(35)33-21)34-20(17)14-7-16(11-31-9-14)24(28,29)30/h1-11H,(H,33,35). The summed E-state index contributed by atoms with van der Waals surface area (Å²) in [6.07, 6.45) is -6.09. The van der Waals surface area contributed by atoms with Gasteiger partial charge in [0.15, 0.2) is 0 Å². The molecule has 11 heteroatoms. The van der Waals surface area contributed by atoms with Gasteiger partial charge in [0.25, 0.3) is 0 Å². The van der Waals surface area contributed by atoms with Gasteiger partial charge >= 0.3 is 12.4 Å². The van der Waals surface area contributed by atoms with Gasteiger partial charge < -0.3 is 4.98 Å². The molecule has 5 rings (SSSR count). The van der Waals surface area contributed by atoms with Crippen molar-refractivity contribution in [2.24, 2.45) is 0 Å². The van der Waals surface area contributed by atoms with Crippen LogP contribution in [0.5, 0.6) is 0 Å². The van der Waals surface area contributed by atoms with Crippen LogP contribution in [0.25, 0.3) is 44.3 Å². The van der Waals surface area contributed by atoms with Crippen LogP contribution in [-0.4, -0.2) is 19.9 Å². The lowest BCUT2D eigenvalue weighted by molar-refractivity contribution is -0.138. The van der Waals surface area contributed by atoms with Crippen LogP contribution in [0.3, 0.4) is 0 Å². The third kappa shape index (κ3) is 4.20. The van der Waals surface area contributed by atoms with Gasteiger partial charge in [-0.3, -0.25) is 14.8 Å². The molecule has 0 aliphatic carbocycles. The van der Waals surface area contributed by atoms with Gasteiger partial charge in [-0.1, -0.05) is 12.1 Å². The lowest BCUT2D eigenvalue weighted by Crippen LogP contribution is -2.07. The van der Waals surface area contributed by atoms with Crippen molar-refractivity contribution >= 4 is 21.9 Å². The molecule has 176 valence electrons. The number of hydrogen-bond donors (Lipinski definition) is 1. The van der Waals surface area contributed by atoms with E-state index in [2.05, 4.69) is 19.9 Å². The molecule has 0 fully saturated rings. The molecule has 0 spiro atoms. The lowest BCUT2D eigenvalue weighted by atomic mass is 9.97. The number of nitrogens with zero attached hydrogens (tertiary/aromatic N) is 3. The number of aromatic amines is 1. The highest BCUT2D eigenvalue weighted by Gasteiger charge is 2.32. The summed E-state index contributed by atoms with van der Waals surface area (Å²) in [5.74, 6) is 0. The molecule has 0 atom stereocenters. The van der Waals surface area contributed by atoms with E-state index < -0.39 is 29.0 Å². The molecule has 4 heterocycles. The smallest absolute Gasteiger partial charge is 0.320 e. The number of nitrogens with one attached hydrogen (secondary N) is 1. The Hall–Kier alpha value is -4.28. The number of fused-ring (bicyclic) bond motifs is 3. The van der Waals surface area contributed by atoms with Gasteiger partial charge in [-0.25, -0.2) is 4.98 Å². The first-order chi connectivity index (χ1) is 16.5. The maximum Gasteiger partial charge on any atom is 0.417 e. The Morgan fingerprint density at radius 2 is 1.51 bits per heavy atom. The molecule has 0 aliphatic heterocycles. The fraction of sp³-hybridized carbons (Fsp3) is 0.0833. The van der Waals surface area contributed by atoms with Crippen molar-refractivity contribution in [1.82, 2.24) is 19.9 Å². The normalized spacial score (nSPS) is 12.4. The van der Waals surface area contributed by atoms with Crippen LogP contribution in [-0.2, 0) is 12.4 Å². The molecular weight excluding hydrogens is 474 g/mol. The summed E-state index contributed by atoms with van der Waals surface area (Å²) in [5.41, 5.74) is -1.64. The number of H-pyrrole nitrogens is 1. The first-order valence-electron chi connectivity index (χ1n) is 10.0. The highest BCUT2D eigenvalue weighted by molar-refractivity contribution is 6.03. The maximum absolute atomic E-state index is 13.4. The monoisotopic (exact) mass is 486 g/mol. The van der Waals surface area contributed by atoms with E-state index >= 15 is 0 Å². The van der Waals surface area contributed by atoms with E-state index in [0.717, 1.165) is 24.4 Å². The molecule has 0 saturated heterocycles. The Morgan fingerprint density at radius 3 is 2.26 bits per heavy atom. The van der Waals surface area contributed by atoms with E-state index in [9.17, 15) is 31.1 Å². The topological polar surface area (TPSA) is 71.5 Å². The molecule has 0 radical (unpaired) electrons. The van der Waals surface area contributed by atoms with E-state index in [1.807, 2.05) is 0 Å². The molecule has 4 aromatic heterocycles. The van der Waals surface area contributed by atoms with E-state index in [1.54, 1.807) is 0 Å². The summed E-state index contributed by atoms with van der Waals surface area (Å²) in [6, 6.07) is 9.40. The molecule has 5 aromatic rings. The minimum atomic E-state index is -4.70. The van der Waals surface area contributed by atoms with E-state index in [4.69, 9.17) is 0 Å². The van der Waals surface area contributed by atoms with Crippen molar-refractivity contribution < 1.29 is 26.3 Å². The van der Waals surface area contributed by atoms with Crippen molar-refractivity contribution in [2.45, 2.75) is 12.4 Å². The summed E-state index contributed by atoms with van der Waals surface area (Å²) >= 11 is 0. The van der Waals surface area contributed by atoms with Crippen LogP contribution in [0.1, 0.15) is 11.1 Å². The predicted octanol–water partition coefficient (Wildman–Crippen LogP) is 6.24. The fourth-order valence-corrected chi connectivity index (χ4v) is 3.74. The second-order valence-corrected chi connectivity index (χ2v) is 7.70. The van der Waals surface area contributed by atoms with Gasteiger partial charge in [-0.15, -0.1) is 0 Å². The van der Waals surface area contributed by atoms with Gasteiger partial charge in [0.2, 0.25) is 5.56 Å².